The fraction of sp³-hybridized carbons (Fsp3) is 0.615. The zero-order valence-electron chi connectivity index (χ0n) is 13.7. The van der Waals surface area contributed by atoms with Crippen molar-refractivity contribution >= 4 is 42.3 Å². The van der Waals surface area contributed by atoms with E-state index in [1.807, 2.05) is 5.32 Å². The molecule has 26 heavy (non-hydrogen) atoms. The molecular weight excluding hydrogens is 372 g/mol. The Morgan fingerprint density at radius 2 is 1.62 bits per heavy atom. The first-order valence-electron chi connectivity index (χ1n) is 7.41. The lowest BCUT2D eigenvalue weighted by Gasteiger charge is -2.19. The summed E-state index contributed by atoms with van der Waals surface area (Å²) in [6, 6.07) is -3.84. The van der Waals surface area contributed by atoms with E-state index in [1.54, 1.807) is 0 Å². The minimum atomic E-state index is -1.53. The SMILES string of the molecule is NC(CCC(=O)O)C(=O)NCC(=O)NC(CS)C(=O)NC(CO)C(=O)O. The molecule has 0 rings (SSSR count). The van der Waals surface area contributed by atoms with Crippen LogP contribution in [0.2, 0.25) is 0 Å². The molecule has 0 bridgehead atoms. The number of carbonyl (C=O) groups excluding carboxylic acids is 3. The van der Waals surface area contributed by atoms with Crippen molar-refractivity contribution in [1.29, 1.82) is 0 Å². The molecule has 0 aliphatic carbocycles. The first-order chi connectivity index (χ1) is 12.1. The fourth-order valence-corrected chi connectivity index (χ4v) is 1.86. The van der Waals surface area contributed by atoms with Gasteiger partial charge in [0.05, 0.1) is 19.2 Å². The molecule has 0 aromatic rings. The summed E-state index contributed by atoms with van der Waals surface area (Å²) in [7, 11) is 0. The third-order valence-electron chi connectivity index (χ3n) is 3.06. The number of aliphatic hydroxyl groups excluding tert-OH is 1. The summed E-state index contributed by atoms with van der Waals surface area (Å²) < 4.78 is 0. The van der Waals surface area contributed by atoms with Crippen LogP contribution in [0.15, 0.2) is 0 Å². The van der Waals surface area contributed by atoms with Gasteiger partial charge in [-0.25, -0.2) is 4.79 Å². The van der Waals surface area contributed by atoms with Crippen molar-refractivity contribution in [3.63, 3.8) is 0 Å². The van der Waals surface area contributed by atoms with Crippen LogP contribution in [0.5, 0.6) is 0 Å². The summed E-state index contributed by atoms with van der Waals surface area (Å²) in [6.45, 7) is -1.36. The van der Waals surface area contributed by atoms with E-state index in [9.17, 15) is 24.0 Å². The molecule has 0 aromatic carbocycles. The predicted molar refractivity (Wildman–Crippen MR) is 90.3 cm³/mol. The topological polar surface area (TPSA) is 208 Å². The normalized spacial score (nSPS) is 13.8. The molecule has 8 N–H and O–H groups in total. The molecule has 3 unspecified atom stereocenters. The zero-order valence-corrected chi connectivity index (χ0v) is 14.6. The Balaban J connectivity index is 4.45. The van der Waals surface area contributed by atoms with E-state index in [2.05, 4.69) is 23.3 Å². The second-order valence-corrected chi connectivity index (χ2v) is 5.51. The van der Waals surface area contributed by atoms with Crippen molar-refractivity contribution in [2.75, 3.05) is 18.9 Å². The molecule has 0 saturated heterocycles. The average Bonchev–Trinajstić information content (AvgIpc) is 2.59. The summed E-state index contributed by atoms with van der Waals surface area (Å²) >= 11 is 3.87. The van der Waals surface area contributed by atoms with Gasteiger partial charge in [-0.2, -0.15) is 12.6 Å². The lowest BCUT2D eigenvalue weighted by atomic mass is 10.1. The smallest absolute Gasteiger partial charge is 0.328 e. The van der Waals surface area contributed by atoms with Crippen LogP contribution in [-0.4, -0.2) is 82.0 Å². The third kappa shape index (κ3) is 9.19. The average molecular weight is 394 g/mol. The molecule has 12 nitrogen and oxygen atoms in total. The molecular formula is C13H22N4O8S. The number of nitrogens with two attached hydrogens (primary N) is 1. The van der Waals surface area contributed by atoms with Crippen LogP contribution in [0.4, 0.5) is 0 Å². The lowest BCUT2D eigenvalue weighted by Crippen LogP contribution is -2.55. The lowest BCUT2D eigenvalue weighted by molar-refractivity contribution is -0.143. The number of aliphatic hydroxyl groups is 1. The van der Waals surface area contributed by atoms with Gasteiger partial charge >= 0.3 is 11.9 Å². The number of nitrogens with one attached hydrogen (secondary N) is 3. The molecule has 0 aliphatic heterocycles. The van der Waals surface area contributed by atoms with Crippen LogP contribution in [0, 0.1) is 0 Å². The highest BCUT2D eigenvalue weighted by Crippen LogP contribution is 1.95. The number of aliphatic carboxylic acids is 2. The van der Waals surface area contributed by atoms with E-state index in [0.717, 1.165) is 0 Å². The monoisotopic (exact) mass is 394 g/mol. The molecule has 0 aliphatic rings. The summed E-state index contributed by atoms with van der Waals surface area (Å²) in [6.07, 6.45) is -0.416. The van der Waals surface area contributed by atoms with Crippen LogP contribution >= 0.6 is 12.6 Å². The van der Waals surface area contributed by atoms with Crippen LogP contribution in [0.25, 0.3) is 0 Å². The Morgan fingerprint density at radius 3 is 2.08 bits per heavy atom. The summed E-state index contributed by atoms with van der Waals surface area (Å²) in [5.74, 6) is -5.11. The Bertz CT molecular complexity index is 544. The van der Waals surface area contributed by atoms with Gasteiger partial charge in [0.1, 0.15) is 12.1 Å². The van der Waals surface area contributed by atoms with Crippen molar-refractivity contribution in [1.82, 2.24) is 16.0 Å². The number of carbonyl (C=O) groups is 5. The van der Waals surface area contributed by atoms with Gasteiger partial charge < -0.3 is 37.0 Å². The van der Waals surface area contributed by atoms with E-state index in [4.69, 9.17) is 21.1 Å². The van der Waals surface area contributed by atoms with E-state index in [1.165, 1.54) is 0 Å². The Kier molecular flexibility index (Phi) is 10.9. The molecule has 13 heteroatoms. The highest BCUT2D eigenvalue weighted by molar-refractivity contribution is 7.80. The van der Waals surface area contributed by atoms with Crippen molar-refractivity contribution in [2.45, 2.75) is 31.0 Å². The van der Waals surface area contributed by atoms with Gasteiger partial charge in [0.2, 0.25) is 17.7 Å². The minimum absolute atomic E-state index is 0.109. The van der Waals surface area contributed by atoms with Gasteiger partial charge in [-0.05, 0) is 6.42 Å². The number of rotatable bonds is 12. The number of thiol groups is 1. The number of hydrogen-bond acceptors (Lipinski definition) is 8. The van der Waals surface area contributed by atoms with Crippen LogP contribution in [0.3, 0.4) is 0 Å². The van der Waals surface area contributed by atoms with E-state index >= 15 is 0 Å². The first kappa shape index (κ1) is 23.6. The number of carboxylic acid groups (broad SMARTS) is 2. The van der Waals surface area contributed by atoms with Crippen LogP contribution in [0.1, 0.15) is 12.8 Å². The van der Waals surface area contributed by atoms with Crippen molar-refractivity contribution in [3.8, 4) is 0 Å². The predicted octanol–water partition coefficient (Wildman–Crippen LogP) is -3.73. The molecule has 0 radical (unpaired) electrons. The quantitative estimate of drug-likeness (QED) is 0.153. The first-order valence-corrected chi connectivity index (χ1v) is 8.04. The van der Waals surface area contributed by atoms with Crippen molar-refractivity contribution < 1.29 is 39.3 Å². The van der Waals surface area contributed by atoms with E-state index in [-0.39, 0.29) is 18.6 Å². The Morgan fingerprint density at radius 1 is 1.00 bits per heavy atom. The Labute approximate surface area is 153 Å². The third-order valence-corrected chi connectivity index (χ3v) is 3.43. The summed E-state index contributed by atoms with van der Waals surface area (Å²) in [5, 5.41) is 32.6. The standard InChI is InChI=1S/C13H22N4O8S/c14-6(1-2-10(20)21)11(22)15-3-9(19)16-8(5-26)12(23)17-7(4-18)13(24)25/h6-8,18,26H,1-5,14H2,(H,15,22)(H,16,19)(H,17,23)(H,20,21)(H,24,25). The fourth-order valence-electron chi connectivity index (χ4n) is 1.61. The zero-order chi connectivity index (χ0) is 20.3. The highest BCUT2D eigenvalue weighted by Gasteiger charge is 2.25. The molecule has 3 amide bonds. The van der Waals surface area contributed by atoms with Crippen LogP contribution < -0.4 is 21.7 Å². The van der Waals surface area contributed by atoms with E-state index in [0.29, 0.717) is 0 Å². The summed E-state index contributed by atoms with van der Waals surface area (Å²) in [5.41, 5.74) is 5.46. The van der Waals surface area contributed by atoms with Gasteiger partial charge in [-0.1, -0.05) is 0 Å². The van der Waals surface area contributed by atoms with E-state index < -0.39 is 60.9 Å². The number of carboxylic acids is 2. The minimum Gasteiger partial charge on any atom is -0.481 e. The van der Waals surface area contributed by atoms with Crippen LogP contribution in [-0.2, 0) is 24.0 Å². The second kappa shape index (κ2) is 12.1. The van der Waals surface area contributed by atoms with Gasteiger partial charge in [0, 0.05) is 12.2 Å². The molecule has 3 atom stereocenters. The molecule has 0 spiro atoms. The molecule has 0 fully saturated rings. The van der Waals surface area contributed by atoms with Crippen molar-refractivity contribution in [2.24, 2.45) is 5.73 Å². The maximum Gasteiger partial charge on any atom is 0.328 e. The summed E-state index contributed by atoms with van der Waals surface area (Å²) in [4.78, 5) is 56.4. The molecule has 0 heterocycles. The van der Waals surface area contributed by atoms with Gasteiger partial charge in [-0.3, -0.25) is 19.2 Å². The molecule has 148 valence electrons. The van der Waals surface area contributed by atoms with Gasteiger partial charge in [0.25, 0.3) is 0 Å². The number of amides is 3. The van der Waals surface area contributed by atoms with Gasteiger partial charge in [0.15, 0.2) is 0 Å². The Hall–Kier alpha value is -2.38. The number of hydrogen-bond donors (Lipinski definition) is 8. The largest absolute Gasteiger partial charge is 0.481 e. The molecule has 0 saturated carbocycles. The maximum absolute atomic E-state index is 11.9. The van der Waals surface area contributed by atoms with Gasteiger partial charge in [-0.15, -0.1) is 0 Å². The maximum atomic E-state index is 11.9. The molecule has 0 aromatic heterocycles. The highest BCUT2D eigenvalue weighted by atomic mass is 32.1. The van der Waals surface area contributed by atoms with Crippen molar-refractivity contribution in [3.05, 3.63) is 0 Å². The second-order valence-electron chi connectivity index (χ2n) is 5.14.